The fraction of sp³-hybridized carbons (Fsp3) is 0.111. The predicted octanol–water partition coefficient (Wildman–Crippen LogP) is 6.55. The topological polar surface area (TPSA) is 48.7 Å². The van der Waals surface area contributed by atoms with Crippen LogP contribution in [-0.2, 0) is 18.0 Å². The van der Waals surface area contributed by atoms with Crippen LogP contribution in [-0.4, -0.2) is 21.7 Å². The first-order chi connectivity index (χ1) is 16.2. The predicted molar refractivity (Wildman–Crippen MR) is 133 cm³/mol. The number of hydrogen-bond donors (Lipinski definition) is 0. The molecule has 0 saturated heterocycles. The van der Waals surface area contributed by atoms with Crippen LogP contribution in [0.15, 0.2) is 95.6 Å². The second kappa shape index (κ2) is 9.57. The molecule has 0 fully saturated rings. The lowest BCUT2D eigenvalue weighted by molar-refractivity contribution is 0.181. The zero-order chi connectivity index (χ0) is 22.6. The van der Waals surface area contributed by atoms with Gasteiger partial charge >= 0.3 is 0 Å². The van der Waals surface area contributed by atoms with Gasteiger partial charge in [0.2, 0.25) is 0 Å². The van der Waals surface area contributed by atoms with Crippen molar-refractivity contribution in [2.45, 2.75) is 13.2 Å². The SMILES string of the molecule is COCc1nn2c(-c3ccc(OCc4ccccc4)cc3)ccnc2c1-c1ccc(Br)cc1. The largest absolute Gasteiger partial charge is 0.489 e. The highest BCUT2D eigenvalue weighted by Crippen LogP contribution is 2.32. The van der Waals surface area contributed by atoms with E-state index in [1.807, 2.05) is 71.4 Å². The molecule has 33 heavy (non-hydrogen) atoms. The Morgan fingerprint density at radius 3 is 2.27 bits per heavy atom. The highest BCUT2D eigenvalue weighted by molar-refractivity contribution is 9.10. The minimum Gasteiger partial charge on any atom is -0.489 e. The summed E-state index contributed by atoms with van der Waals surface area (Å²) >= 11 is 3.51. The first-order valence-corrected chi connectivity index (χ1v) is 11.4. The Balaban J connectivity index is 1.49. The minimum absolute atomic E-state index is 0.403. The number of rotatable bonds is 7. The van der Waals surface area contributed by atoms with Crippen molar-refractivity contribution in [2.75, 3.05) is 7.11 Å². The Labute approximate surface area is 200 Å². The average molecular weight is 500 g/mol. The molecular formula is C27H22BrN3O2. The molecule has 0 bridgehead atoms. The zero-order valence-corrected chi connectivity index (χ0v) is 19.7. The van der Waals surface area contributed by atoms with Crippen molar-refractivity contribution in [1.29, 1.82) is 0 Å². The average Bonchev–Trinajstić information content (AvgIpc) is 3.23. The summed E-state index contributed by atoms with van der Waals surface area (Å²) in [5.41, 5.74) is 6.80. The zero-order valence-electron chi connectivity index (χ0n) is 18.1. The molecule has 5 aromatic rings. The summed E-state index contributed by atoms with van der Waals surface area (Å²) in [6.45, 7) is 0.941. The smallest absolute Gasteiger partial charge is 0.163 e. The van der Waals surface area contributed by atoms with E-state index in [0.29, 0.717) is 13.2 Å². The van der Waals surface area contributed by atoms with E-state index in [0.717, 1.165) is 49.5 Å². The summed E-state index contributed by atoms with van der Waals surface area (Å²) in [6, 6.07) is 28.4. The van der Waals surface area contributed by atoms with Gasteiger partial charge in [-0.05, 0) is 53.6 Å². The van der Waals surface area contributed by atoms with Crippen molar-refractivity contribution in [1.82, 2.24) is 14.6 Å². The third kappa shape index (κ3) is 4.53. The quantitative estimate of drug-likeness (QED) is 0.254. The van der Waals surface area contributed by atoms with E-state index >= 15 is 0 Å². The number of nitrogens with zero attached hydrogens (tertiary/aromatic N) is 3. The summed E-state index contributed by atoms with van der Waals surface area (Å²) in [5, 5.41) is 4.86. The van der Waals surface area contributed by atoms with Gasteiger partial charge in [-0.25, -0.2) is 9.50 Å². The number of methoxy groups -OCH3 is 1. The molecular weight excluding hydrogens is 478 g/mol. The van der Waals surface area contributed by atoms with Gasteiger partial charge in [-0.15, -0.1) is 0 Å². The van der Waals surface area contributed by atoms with Crippen LogP contribution in [0, 0.1) is 0 Å². The van der Waals surface area contributed by atoms with E-state index in [9.17, 15) is 0 Å². The highest BCUT2D eigenvalue weighted by Gasteiger charge is 2.18. The van der Waals surface area contributed by atoms with Crippen molar-refractivity contribution in [2.24, 2.45) is 0 Å². The summed E-state index contributed by atoms with van der Waals surface area (Å²) in [6.07, 6.45) is 1.82. The van der Waals surface area contributed by atoms with Crippen LogP contribution in [0.2, 0.25) is 0 Å². The van der Waals surface area contributed by atoms with E-state index in [1.54, 1.807) is 7.11 Å². The van der Waals surface area contributed by atoms with Crippen molar-refractivity contribution in [3.63, 3.8) is 0 Å². The Hall–Kier alpha value is -3.48. The van der Waals surface area contributed by atoms with Crippen LogP contribution < -0.4 is 4.74 Å². The van der Waals surface area contributed by atoms with Gasteiger partial charge in [0.15, 0.2) is 5.65 Å². The van der Waals surface area contributed by atoms with E-state index in [-0.39, 0.29) is 0 Å². The molecule has 3 aromatic carbocycles. The number of hydrogen-bond acceptors (Lipinski definition) is 4. The second-order valence-corrected chi connectivity index (χ2v) is 8.54. The monoisotopic (exact) mass is 499 g/mol. The van der Waals surface area contributed by atoms with Crippen LogP contribution in [0.4, 0.5) is 0 Å². The molecule has 0 radical (unpaired) electrons. The number of ether oxygens (including phenoxy) is 2. The molecule has 0 spiro atoms. The number of aromatic nitrogens is 3. The van der Waals surface area contributed by atoms with Crippen molar-refractivity contribution >= 4 is 21.6 Å². The summed E-state index contributed by atoms with van der Waals surface area (Å²) < 4.78 is 14.3. The molecule has 164 valence electrons. The van der Waals surface area contributed by atoms with Crippen molar-refractivity contribution in [3.05, 3.63) is 107 Å². The lowest BCUT2D eigenvalue weighted by Crippen LogP contribution is -1.97. The van der Waals surface area contributed by atoms with Crippen LogP contribution in [0.1, 0.15) is 11.3 Å². The first kappa shape index (κ1) is 21.4. The molecule has 0 aliphatic carbocycles. The third-order valence-electron chi connectivity index (χ3n) is 5.40. The van der Waals surface area contributed by atoms with Gasteiger partial charge in [-0.1, -0.05) is 58.4 Å². The molecule has 0 aliphatic heterocycles. The molecule has 0 unspecified atom stereocenters. The summed E-state index contributed by atoms with van der Waals surface area (Å²) in [4.78, 5) is 4.66. The Morgan fingerprint density at radius 1 is 0.818 bits per heavy atom. The molecule has 0 atom stereocenters. The molecule has 6 heteroatoms. The standard InChI is InChI=1S/C27H22BrN3O2/c1-32-18-24-26(21-7-11-22(28)12-8-21)27-29-16-15-25(31(27)30-24)20-9-13-23(14-10-20)33-17-19-5-3-2-4-6-19/h2-16H,17-18H2,1H3. The maximum atomic E-state index is 5.94. The van der Waals surface area contributed by atoms with Gasteiger partial charge in [-0.2, -0.15) is 5.10 Å². The molecule has 2 heterocycles. The Bertz CT molecular complexity index is 1360. The van der Waals surface area contributed by atoms with E-state index in [4.69, 9.17) is 14.6 Å². The second-order valence-electron chi connectivity index (χ2n) is 7.63. The normalized spacial score (nSPS) is 11.1. The van der Waals surface area contributed by atoms with Crippen LogP contribution in [0.3, 0.4) is 0 Å². The highest BCUT2D eigenvalue weighted by atomic mass is 79.9. The first-order valence-electron chi connectivity index (χ1n) is 10.6. The van der Waals surface area contributed by atoms with E-state index in [2.05, 4.69) is 45.2 Å². The van der Waals surface area contributed by atoms with Crippen LogP contribution in [0.25, 0.3) is 28.0 Å². The molecule has 0 saturated carbocycles. The summed E-state index contributed by atoms with van der Waals surface area (Å²) in [7, 11) is 1.68. The van der Waals surface area contributed by atoms with E-state index < -0.39 is 0 Å². The fourth-order valence-electron chi connectivity index (χ4n) is 3.82. The lowest BCUT2D eigenvalue weighted by Gasteiger charge is -2.09. The van der Waals surface area contributed by atoms with E-state index in [1.165, 1.54) is 0 Å². The molecule has 5 rings (SSSR count). The number of benzene rings is 3. The van der Waals surface area contributed by atoms with Gasteiger partial charge in [-0.3, -0.25) is 0 Å². The Morgan fingerprint density at radius 2 is 1.55 bits per heavy atom. The molecule has 0 aliphatic rings. The van der Waals surface area contributed by atoms with Gasteiger partial charge in [0, 0.05) is 23.3 Å². The maximum absolute atomic E-state index is 5.94. The van der Waals surface area contributed by atoms with Crippen molar-refractivity contribution in [3.8, 4) is 28.1 Å². The maximum Gasteiger partial charge on any atom is 0.163 e. The van der Waals surface area contributed by atoms with Crippen LogP contribution >= 0.6 is 15.9 Å². The fourth-order valence-corrected chi connectivity index (χ4v) is 4.08. The molecule has 2 aromatic heterocycles. The summed E-state index contributed by atoms with van der Waals surface area (Å²) in [5.74, 6) is 0.823. The van der Waals surface area contributed by atoms with Crippen molar-refractivity contribution < 1.29 is 9.47 Å². The Kier molecular flexibility index (Phi) is 6.19. The molecule has 5 nitrogen and oxygen atoms in total. The van der Waals surface area contributed by atoms with Gasteiger partial charge in [0.05, 0.1) is 23.6 Å². The van der Waals surface area contributed by atoms with Gasteiger partial charge in [0.25, 0.3) is 0 Å². The third-order valence-corrected chi connectivity index (χ3v) is 5.93. The van der Waals surface area contributed by atoms with Gasteiger partial charge < -0.3 is 9.47 Å². The number of fused-ring (bicyclic) bond motifs is 1. The molecule has 0 N–H and O–H groups in total. The van der Waals surface area contributed by atoms with Crippen LogP contribution in [0.5, 0.6) is 5.75 Å². The van der Waals surface area contributed by atoms with Gasteiger partial charge in [0.1, 0.15) is 12.4 Å². The minimum atomic E-state index is 0.403. The molecule has 0 amide bonds. The lowest BCUT2D eigenvalue weighted by atomic mass is 10.1. The number of halogens is 1.